The summed E-state index contributed by atoms with van der Waals surface area (Å²) >= 11 is 0. The molecule has 3 N–H and O–H groups in total. The van der Waals surface area contributed by atoms with Crippen molar-refractivity contribution in [1.82, 2.24) is 5.32 Å². The number of aliphatic hydroxyl groups excluding tert-OH is 1. The molecule has 1 unspecified atom stereocenters. The third-order valence-electron chi connectivity index (χ3n) is 3.51. The molecular weight excluding hydrogens is 242 g/mol. The highest BCUT2D eigenvalue weighted by Gasteiger charge is 2.19. The van der Waals surface area contributed by atoms with Gasteiger partial charge >= 0.3 is 0 Å². The van der Waals surface area contributed by atoms with E-state index in [1.165, 1.54) is 0 Å². The Bertz CT molecular complexity index is 455. The van der Waals surface area contributed by atoms with Crippen LogP contribution < -0.4 is 5.32 Å². The molecule has 106 valence electrons. The molecule has 4 heteroatoms. The number of aryl methyl sites for hydroxylation is 1. The van der Waals surface area contributed by atoms with Crippen LogP contribution in [0.1, 0.15) is 41.8 Å². The van der Waals surface area contributed by atoms with Crippen molar-refractivity contribution in [1.29, 1.82) is 0 Å². The summed E-state index contributed by atoms with van der Waals surface area (Å²) in [5, 5.41) is 21.9. The molecule has 0 bridgehead atoms. The van der Waals surface area contributed by atoms with Crippen LogP contribution in [-0.4, -0.2) is 28.8 Å². The Balaban J connectivity index is 2.92. The lowest BCUT2D eigenvalue weighted by atomic mass is 9.99. The second-order valence-electron chi connectivity index (χ2n) is 5.24. The zero-order valence-corrected chi connectivity index (χ0v) is 12.0. The number of aromatic hydroxyl groups is 1. The normalized spacial score (nSPS) is 12.5. The third kappa shape index (κ3) is 3.70. The van der Waals surface area contributed by atoms with Crippen molar-refractivity contribution >= 4 is 5.91 Å². The summed E-state index contributed by atoms with van der Waals surface area (Å²) in [6.45, 7) is 7.68. The number of phenolic OH excluding ortho intramolecular Hbond substituents is 1. The quantitative estimate of drug-likeness (QED) is 0.764. The van der Waals surface area contributed by atoms with Crippen LogP contribution in [0.25, 0.3) is 0 Å². The van der Waals surface area contributed by atoms with Crippen LogP contribution in [0.5, 0.6) is 5.75 Å². The molecule has 0 fully saturated rings. The zero-order chi connectivity index (χ0) is 14.6. The van der Waals surface area contributed by atoms with Crippen molar-refractivity contribution in [2.45, 2.75) is 40.2 Å². The second kappa shape index (κ2) is 6.57. The van der Waals surface area contributed by atoms with Crippen molar-refractivity contribution in [3.63, 3.8) is 0 Å². The van der Waals surface area contributed by atoms with Crippen molar-refractivity contribution < 1.29 is 15.0 Å². The van der Waals surface area contributed by atoms with Gasteiger partial charge in [-0.15, -0.1) is 0 Å². The Morgan fingerprint density at radius 1 is 1.32 bits per heavy atom. The lowest BCUT2D eigenvalue weighted by Crippen LogP contribution is -2.39. The summed E-state index contributed by atoms with van der Waals surface area (Å²) in [7, 11) is 0. The molecule has 0 saturated carbocycles. The highest BCUT2D eigenvalue weighted by molar-refractivity contribution is 5.97. The third-order valence-corrected chi connectivity index (χ3v) is 3.51. The number of benzene rings is 1. The molecule has 0 aromatic heterocycles. The maximum atomic E-state index is 12.2. The second-order valence-corrected chi connectivity index (χ2v) is 5.24. The topological polar surface area (TPSA) is 69.6 Å². The summed E-state index contributed by atoms with van der Waals surface area (Å²) in [5.41, 5.74) is 1.95. The fraction of sp³-hybridized carbons (Fsp3) is 0.533. The predicted molar refractivity (Wildman–Crippen MR) is 75.4 cm³/mol. The number of nitrogens with one attached hydrogen (secondary N) is 1. The number of amides is 1. The molecular formula is C15H23NO3. The van der Waals surface area contributed by atoms with Gasteiger partial charge in [-0.05, 0) is 43.4 Å². The minimum absolute atomic E-state index is 0.0298. The molecule has 19 heavy (non-hydrogen) atoms. The smallest absolute Gasteiger partial charge is 0.255 e. The molecule has 1 aromatic carbocycles. The van der Waals surface area contributed by atoms with E-state index in [4.69, 9.17) is 5.11 Å². The van der Waals surface area contributed by atoms with Gasteiger partial charge in [-0.1, -0.05) is 19.9 Å². The van der Waals surface area contributed by atoms with E-state index in [-0.39, 0.29) is 35.8 Å². The standard InChI is InChI=1S/C15H23NO3/c1-9(2)13(7-8-17)16-15(19)12-6-5-10(3)11(4)14(12)18/h5-6,9,13,17-18H,7-8H2,1-4H3,(H,16,19). The minimum atomic E-state index is -0.298. The first-order chi connectivity index (χ1) is 8.88. The van der Waals surface area contributed by atoms with E-state index in [2.05, 4.69) is 5.32 Å². The molecule has 0 spiro atoms. The van der Waals surface area contributed by atoms with Gasteiger partial charge in [0, 0.05) is 12.6 Å². The fourth-order valence-electron chi connectivity index (χ4n) is 1.94. The van der Waals surface area contributed by atoms with Crippen molar-refractivity contribution in [2.24, 2.45) is 5.92 Å². The first-order valence-electron chi connectivity index (χ1n) is 6.59. The number of phenols is 1. The molecule has 0 aliphatic carbocycles. The molecule has 4 nitrogen and oxygen atoms in total. The van der Waals surface area contributed by atoms with E-state index < -0.39 is 0 Å². The summed E-state index contributed by atoms with van der Waals surface area (Å²) in [6, 6.07) is 3.35. The molecule has 0 aliphatic heterocycles. The van der Waals surface area contributed by atoms with Crippen LogP contribution in [0.2, 0.25) is 0 Å². The van der Waals surface area contributed by atoms with Crippen LogP contribution in [0, 0.1) is 19.8 Å². The van der Waals surface area contributed by atoms with Crippen LogP contribution in [0.15, 0.2) is 12.1 Å². The van der Waals surface area contributed by atoms with Gasteiger partial charge in [0.2, 0.25) is 0 Å². The lowest BCUT2D eigenvalue weighted by Gasteiger charge is -2.22. The van der Waals surface area contributed by atoms with E-state index >= 15 is 0 Å². The Labute approximate surface area is 114 Å². The van der Waals surface area contributed by atoms with Gasteiger partial charge in [-0.25, -0.2) is 0 Å². The van der Waals surface area contributed by atoms with E-state index in [9.17, 15) is 9.90 Å². The van der Waals surface area contributed by atoms with Gasteiger partial charge in [-0.2, -0.15) is 0 Å². The molecule has 1 rings (SSSR count). The largest absolute Gasteiger partial charge is 0.507 e. The van der Waals surface area contributed by atoms with E-state index in [1.807, 2.05) is 26.8 Å². The number of aliphatic hydroxyl groups is 1. The maximum absolute atomic E-state index is 12.2. The zero-order valence-electron chi connectivity index (χ0n) is 12.0. The molecule has 1 atom stereocenters. The molecule has 0 radical (unpaired) electrons. The minimum Gasteiger partial charge on any atom is -0.507 e. The number of carbonyl (C=O) groups is 1. The van der Waals surface area contributed by atoms with Crippen molar-refractivity contribution in [2.75, 3.05) is 6.61 Å². The highest BCUT2D eigenvalue weighted by atomic mass is 16.3. The van der Waals surface area contributed by atoms with Crippen LogP contribution in [-0.2, 0) is 0 Å². The van der Waals surface area contributed by atoms with E-state index in [1.54, 1.807) is 13.0 Å². The van der Waals surface area contributed by atoms with Crippen molar-refractivity contribution in [3.05, 3.63) is 28.8 Å². The molecule has 0 aliphatic rings. The van der Waals surface area contributed by atoms with E-state index in [0.29, 0.717) is 6.42 Å². The number of hydrogen-bond donors (Lipinski definition) is 3. The fourth-order valence-corrected chi connectivity index (χ4v) is 1.94. The van der Waals surface area contributed by atoms with E-state index in [0.717, 1.165) is 11.1 Å². The first kappa shape index (κ1) is 15.5. The number of hydrogen-bond acceptors (Lipinski definition) is 3. The predicted octanol–water partition coefficient (Wildman–Crippen LogP) is 2.15. The van der Waals surface area contributed by atoms with Gasteiger partial charge in [0.05, 0.1) is 5.56 Å². The van der Waals surface area contributed by atoms with Gasteiger partial charge in [0.25, 0.3) is 5.91 Å². The highest BCUT2D eigenvalue weighted by Crippen LogP contribution is 2.25. The number of carbonyl (C=O) groups excluding carboxylic acids is 1. The van der Waals surface area contributed by atoms with Crippen LogP contribution in [0.3, 0.4) is 0 Å². The van der Waals surface area contributed by atoms with Gasteiger partial charge in [0.15, 0.2) is 0 Å². The summed E-state index contributed by atoms with van der Waals surface area (Å²) in [5.74, 6) is -0.0402. The van der Waals surface area contributed by atoms with Crippen molar-refractivity contribution in [3.8, 4) is 5.75 Å². The average molecular weight is 265 g/mol. The summed E-state index contributed by atoms with van der Waals surface area (Å²) in [6.07, 6.45) is 0.509. The van der Waals surface area contributed by atoms with Gasteiger partial charge < -0.3 is 15.5 Å². The molecule has 0 heterocycles. The molecule has 1 aromatic rings. The Morgan fingerprint density at radius 3 is 2.47 bits per heavy atom. The Kier molecular flexibility index (Phi) is 5.36. The number of rotatable bonds is 5. The molecule has 0 saturated heterocycles. The Hall–Kier alpha value is -1.55. The summed E-state index contributed by atoms with van der Waals surface area (Å²) < 4.78 is 0. The van der Waals surface area contributed by atoms with Gasteiger partial charge in [0.1, 0.15) is 5.75 Å². The van der Waals surface area contributed by atoms with Gasteiger partial charge in [-0.3, -0.25) is 4.79 Å². The first-order valence-corrected chi connectivity index (χ1v) is 6.59. The maximum Gasteiger partial charge on any atom is 0.255 e. The monoisotopic (exact) mass is 265 g/mol. The van der Waals surface area contributed by atoms with Crippen LogP contribution >= 0.6 is 0 Å². The Morgan fingerprint density at radius 2 is 1.95 bits per heavy atom. The average Bonchev–Trinajstić information content (AvgIpc) is 2.35. The SMILES string of the molecule is Cc1ccc(C(=O)NC(CCO)C(C)C)c(O)c1C. The van der Waals surface area contributed by atoms with Crippen LogP contribution in [0.4, 0.5) is 0 Å². The summed E-state index contributed by atoms with van der Waals surface area (Å²) in [4.78, 5) is 12.2. The molecule has 1 amide bonds. The lowest BCUT2D eigenvalue weighted by molar-refractivity contribution is 0.0914.